The van der Waals surface area contributed by atoms with E-state index in [2.05, 4.69) is 19.2 Å². The second-order valence-corrected chi connectivity index (χ2v) is 5.52. The van der Waals surface area contributed by atoms with Crippen LogP contribution in [0.4, 0.5) is 4.39 Å². The molecule has 1 unspecified atom stereocenters. The van der Waals surface area contributed by atoms with Gasteiger partial charge in [-0.25, -0.2) is 4.39 Å². The molecular formula is C17H21ClFNO. The summed E-state index contributed by atoms with van der Waals surface area (Å²) in [5.74, 6) is 0.615. The Balaban J connectivity index is 2.21. The van der Waals surface area contributed by atoms with Gasteiger partial charge in [0.25, 0.3) is 0 Å². The van der Waals surface area contributed by atoms with Crippen molar-refractivity contribution in [1.29, 1.82) is 0 Å². The molecule has 1 aromatic carbocycles. The van der Waals surface area contributed by atoms with Crippen molar-refractivity contribution in [2.75, 3.05) is 6.54 Å². The molecule has 0 aliphatic heterocycles. The Morgan fingerprint density at radius 2 is 2.10 bits per heavy atom. The lowest BCUT2D eigenvalue weighted by atomic mass is 9.98. The number of halogens is 2. The molecule has 2 aromatic rings. The number of furan rings is 1. The van der Waals surface area contributed by atoms with Gasteiger partial charge in [-0.2, -0.15) is 0 Å². The summed E-state index contributed by atoms with van der Waals surface area (Å²) in [5.41, 5.74) is 2.08. The summed E-state index contributed by atoms with van der Waals surface area (Å²) >= 11 is 5.74. The van der Waals surface area contributed by atoms with Gasteiger partial charge in [-0.15, -0.1) is 0 Å². The van der Waals surface area contributed by atoms with Gasteiger partial charge in [-0.3, -0.25) is 0 Å². The highest BCUT2D eigenvalue weighted by Crippen LogP contribution is 2.25. The third-order valence-electron chi connectivity index (χ3n) is 3.54. The van der Waals surface area contributed by atoms with E-state index in [-0.39, 0.29) is 16.9 Å². The number of hydrogen-bond donors (Lipinski definition) is 1. The first-order valence-corrected chi connectivity index (χ1v) is 7.77. The van der Waals surface area contributed by atoms with Crippen LogP contribution in [0.25, 0.3) is 0 Å². The zero-order chi connectivity index (χ0) is 15.2. The molecule has 0 spiro atoms. The number of hydrogen-bond acceptors (Lipinski definition) is 2. The summed E-state index contributed by atoms with van der Waals surface area (Å²) in [5, 5.41) is 3.68. The Labute approximate surface area is 130 Å². The van der Waals surface area contributed by atoms with Gasteiger partial charge in [0.2, 0.25) is 0 Å². The Morgan fingerprint density at radius 3 is 2.76 bits per heavy atom. The second-order valence-electron chi connectivity index (χ2n) is 5.11. The van der Waals surface area contributed by atoms with Crippen molar-refractivity contribution in [2.45, 2.75) is 39.2 Å². The fourth-order valence-electron chi connectivity index (χ4n) is 2.46. The minimum Gasteiger partial charge on any atom is -0.469 e. The first-order chi connectivity index (χ1) is 10.2. The van der Waals surface area contributed by atoms with Crippen LogP contribution in [0.15, 0.2) is 34.9 Å². The Kier molecular flexibility index (Phi) is 5.83. The smallest absolute Gasteiger partial charge is 0.142 e. The summed E-state index contributed by atoms with van der Waals surface area (Å²) in [4.78, 5) is 0. The number of aryl methyl sites for hydroxylation is 1. The summed E-state index contributed by atoms with van der Waals surface area (Å²) in [7, 11) is 0. The zero-order valence-corrected chi connectivity index (χ0v) is 13.2. The van der Waals surface area contributed by atoms with Crippen molar-refractivity contribution in [3.05, 3.63) is 58.3 Å². The van der Waals surface area contributed by atoms with E-state index in [1.165, 1.54) is 6.07 Å². The normalized spacial score (nSPS) is 12.6. The lowest BCUT2D eigenvalue weighted by Gasteiger charge is -2.19. The second kappa shape index (κ2) is 7.62. The monoisotopic (exact) mass is 309 g/mol. The minimum absolute atomic E-state index is 0.124. The van der Waals surface area contributed by atoms with E-state index in [1.54, 1.807) is 12.3 Å². The molecule has 0 fully saturated rings. The summed E-state index contributed by atoms with van der Waals surface area (Å²) in [6.45, 7) is 5.11. The average Bonchev–Trinajstić information content (AvgIpc) is 2.95. The predicted molar refractivity (Wildman–Crippen MR) is 84.2 cm³/mol. The van der Waals surface area contributed by atoms with Crippen LogP contribution in [-0.4, -0.2) is 6.54 Å². The van der Waals surface area contributed by atoms with Gasteiger partial charge in [0.1, 0.15) is 11.6 Å². The van der Waals surface area contributed by atoms with Crippen LogP contribution in [-0.2, 0) is 12.8 Å². The van der Waals surface area contributed by atoms with Crippen molar-refractivity contribution in [1.82, 2.24) is 5.32 Å². The molecular weight excluding hydrogens is 289 g/mol. The van der Waals surface area contributed by atoms with Crippen LogP contribution in [0.1, 0.15) is 43.2 Å². The van der Waals surface area contributed by atoms with Gasteiger partial charge in [-0.1, -0.05) is 31.5 Å². The van der Waals surface area contributed by atoms with Crippen LogP contribution >= 0.6 is 11.6 Å². The molecule has 0 bridgehead atoms. The molecule has 0 saturated heterocycles. The lowest BCUT2D eigenvalue weighted by molar-refractivity contribution is 0.481. The van der Waals surface area contributed by atoms with Crippen LogP contribution in [0, 0.1) is 5.82 Å². The van der Waals surface area contributed by atoms with Gasteiger partial charge in [0.15, 0.2) is 0 Å². The van der Waals surface area contributed by atoms with E-state index >= 15 is 0 Å². The van der Waals surface area contributed by atoms with E-state index < -0.39 is 0 Å². The molecule has 1 atom stereocenters. The highest BCUT2D eigenvalue weighted by atomic mass is 35.5. The summed E-state index contributed by atoms with van der Waals surface area (Å²) < 4.78 is 19.1. The first kappa shape index (κ1) is 16.1. The number of benzene rings is 1. The Morgan fingerprint density at radius 1 is 1.29 bits per heavy atom. The van der Waals surface area contributed by atoms with Crippen molar-refractivity contribution >= 4 is 11.6 Å². The molecule has 21 heavy (non-hydrogen) atoms. The highest BCUT2D eigenvalue weighted by Gasteiger charge is 2.17. The van der Waals surface area contributed by atoms with Crippen LogP contribution in [0.5, 0.6) is 0 Å². The van der Waals surface area contributed by atoms with E-state index in [0.29, 0.717) is 6.42 Å². The molecule has 4 heteroatoms. The lowest BCUT2D eigenvalue weighted by Crippen LogP contribution is -2.24. The third kappa shape index (κ3) is 4.08. The van der Waals surface area contributed by atoms with Gasteiger partial charge in [0.05, 0.1) is 11.3 Å². The van der Waals surface area contributed by atoms with E-state index in [4.69, 9.17) is 16.0 Å². The maximum Gasteiger partial charge on any atom is 0.142 e. The quantitative estimate of drug-likeness (QED) is 0.785. The largest absolute Gasteiger partial charge is 0.469 e. The number of nitrogens with one attached hydrogen (secondary N) is 1. The Hall–Kier alpha value is -1.32. The average molecular weight is 310 g/mol. The van der Waals surface area contributed by atoms with E-state index in [0.717, 1.165) is 36.3 Å². The van der Waals surface area contributed by atoms with Crippen molar-refractivity contribution in [2.24, 2.45) is 0 Å². The molecule has 114 valence electrons. The van der Waals surface area contributed by atoms with Gasteiger partial charge < -0.3 is 9.73 Å². The van der Waals surface area contributed by atoms with Crippen LogP contribution < -0.4 is 5.32 Å². The zero-order valence-electron chi connectivity index (χ0n) is 12.5. The predicted octanol–water partition coefficient (Wildman–Crippen LogP) is 4.92. The van der Waals surface area contributed by atoms with E-state index in [9.17, 15) is 4.39 Å². The van der Waals surface area contributed by atoms with Crippen LogP contribution in [0.2, 0.25) is 5.02 Å². The van der Waals surface area contributed by atoms with Crippen molar-refractivity contribution in [3.63, 3.8) is 0 Å². The third-order valence-corrected chi connectivity index (χ3v) is 3.85. The maximum atomic E-state index is 13.6. The fraction of sp³-hybridized carbons (Fsp3) is 0.412. The molecule has 0 radical (unpaired) electrons. The summed E-state index contributed by atoms with van der Waals surface area (Å²) in [6, 6.07) is 7.11. The molecule has 1 aromatic heterocycles. The standard InChI is InChI=1S/C17H21ClFNO/c1-3-8-20-16(13-7-9-21-17(13)4-2)11-12-5-6-14(18)15(19)10-12/h5-7,9-10,16,20H,3-4,8,11H2,1-2H3. The van der Waals surface area contributed by atoms with Crippen molar-refractivity contribution in [3.8, 4) is 0 Å². The van der Waals surface area contributed by atoms with Crippen LogP contribution in [0.3, 0.4) is 0 Å². The molecule has 0 saturated carbocycles. The number of rotatable bonds is 7. The SMILES string of the molecule is CCCNC(Cc1ccc(Cl)c(F)c1)c1ccoc1CC. The van der Waals surface area contributed by atoms with Crippen molar-refractivity contribution < 1.29 is 8.81 Å². The van der Waals surface area contributed by atoms with E-state index in [1.807, 2.05) is 12.1 Å². The fourth-order valence-corrected chi connectivity index (χ4v) is 2.58. The minimum atomic E-state index is -0.369. The Bertz CT molecular complexity index is 582. The highest BCUT2D eigenvalue weighted by molar-refractivity contribution is 6.30. The topological polar surface area (TPSA) is 25.2 Å². The molecule has 2 nitrogen and oxygen atoms in total. The molecule has 2 rings (SSSR count). The maximum absolute atomic E-state index is 13.6. The molecule has 0 aliphatic carbocycles. The molecule has 1 heterocycles. The van der Waals surface area contributed by atoms with Gasteiger partial charge in [-0.05, 0) is 43.1 Å². The molecule has 0 amide bonds. The van der Waals surface area contributed by atoms with Gasteiger partial charge >= 0.3 is 0 Å². The molecule has 1 N–H and O–H groups in total. The molecule has 0 aliphatic rings. The van der Waals surface area contributed by atoms with Gasteiger partial charge in [0, 0.05) is 18.0 Å². The first-order valence-electron chi connectivity index (χ1n) is 7.39. The summed E-state index contributed by atoms with van der Waals surface area (Å²) in [6.07, 6.45) is 4.32.